The molecular weight excluding hydrogens is 306 g/mol. The molecule has 5 nitrogen and oxygen atoms in total. The molecular formula is C19H19NO4. The molecule has 2 rings (SSSR count). The van der Waals surface area contributed by atoms with E-state index in [9.17, 15) is 14.4 Å². The summed E-state index contributed by atoms with van der Waals surface area (Å²) in [5.41, 5.74) is 1.68. The molecule has 0 spiro atoms. The highest BCUT2D eigenvalue weighted by Crippen LogP contribution is 2.12. The van der Waals surface area contributed by atoms with E-state index < -0.39 is 5.97 Å². The largest absolute Gasteiger partial charge is 0.465 e. The van der Waals surface area contributed by atoms with Crippen molar-refractivity contribution in [2.45, 2.75) is 19.3 Å². The van der Waals surface area contributed by atoms with Crippen LogP contribution in [0.15, 0.2) is 54.6 Å². The molecule has 2 aromatic rings. The van der Waals surface area contributed by atoms with Crippen LogP contribution in [0, 0.1) is 0 Å². The molecule has 2 aromatic carbocycles. The Hall–Kier alpha value is -2.95. The lowest BCUT2D eigenvalue weighted by molar-refractivity contribution is -0.116. The highest BCUT2D eigenvalue weighted by atomic mass is 16.5. The van der Waals surface area contributed by atoms with Crippen molar-refractivity contribution in [2.75, 3.05) is 12.4 Å². The van der Waals surface area contributed by atoms with Gasteiger partial charge in [-0.2, -0.15) is 0 Å². The SMILES string of the molecule is COC(=O)c1ccc(NC(=O)CCCC(=O)c2ccccc2)cc1. The number of Topliss-reactive ketones (excluding diaryl/α,β-unsaturated/α-hetero) is 1. The van der Waals surface area contributed by atoms with E-state index in [0.717, 1.165) is 0 Å². The summed E-state index contributed by atoms with van der Waals surface area (Å²) in [6, 6.07) is 15.5. The van der Waals surface area contributed by atoms with Gasteiger partial charge < -0.3 is 10.1 Å². The number of hydrogen-bond acceptors (Lipinski definition) is 4. The van der Waals surface area contributed by atoms with Crippen LogP contribution in [-0.2, 0) is 9.53 Å². The topological polar surface area (TPSA) is 72.5 Å². The van der Waals surface area contributed by atoms with Crippen LogP contribution in [-0.4, -0.2) is 24.8 Å². The average molecular weight is 325 g/mol. The molecule has 0 aromatic heterocycles. The van der Waals surface area contributed by atoms with Crippen LogP contribution in [0.25, 0.3) is 0 Å². The van der Waals surface area contributed by atoms with Gasteiger partial charge in [-0.05, 0) is 30.7 Å². The number of benzene rings is 2. The van der Waals surface area contributed by atoms with Gasteiger partial charge in [-0.25, -0.2) is 4.79 Å². The Morgan fingerprint density at radius 3 is 2.17 bits per heavy atom. The summed E-state index contributed by atoms with van der Waals surface area (Å²) in [5, 5.41) is 2.74. The van der Waals surface area contributed by atoms with Crippen molar-refractivity contribution < 1.29 is 19.1 Å². The molecule has 0 atom stereocenters. The number of methoxy groups -OCH3 is 1. The van der Waals surface area contributed by atoms with Gasteiger partial charge >= 0.3 is 5.97 Å². The van der Waals surface area contributed by atoms with Gasteiger partial charge in [-0.3, -0.25) is 9.59 Å². The van der Waals surface area contributed by atoms with Crippen LogP contribution in [0.2, 0.25) is 0 Å². The first-order valence-corrected chi connectivity index (χ1v) is 7.66. The lowest BCUT2D eigenvalue weighted by Gasteiger charge is -2.06. The molecule has 0 heterocycles. The van der Waals surface area contributed by atoms with Crippen LogP contribution in [0.3, 0.4) is 0 Å². The maximum Gasteiger partial charge on any atom is 0.337 e. The molecule has 5 heteroatoms. The number of carbonyl (C=O) groups is 3. The van der Waals surface area contributed by atoms with Gasteiger partial charge in [-0.15, -0.1) is 0 Å². The van der Waals surface area contributed by atoms with Gasteiger partial charge in [0.2, 0.25) is 5.91 Å². The minimum Gasteiger partial charge on any atom is -0.465 e. The molecule has 0 radical (unpaired) electrons. The Morgan fingerprint density at radius 2 is 1.54 bits per heavy atom. The van der Waals surface area contributed by atoms with Crippen molar-refractivity contribution in [2.24, 2.45) is 0 Å². The highest BCUT2D eigenvalue weighted by Gasteiger charge is 2.09. The second-order valence-corrected chi connectivity index (χ2v) is 5.26. The average Bonchev–Trinajstić information content (AvgIpc) is 2.62. The quantitative estimate of drug-likeness (QED) is 0.625. The Morgan fingerprint density at radius 1 is 0.875 bits per heavy atom. The second kappa shape index (κ2) is 8.62. The Kier molecular flexibility index (Phi) is 6.25. The highest BCUT2D eigenvalue weighted by molar-refractivity contribution is 5.97. The van der Waals surface area contributed by atoms with Gasteiger partial charge in [0.05, 0.1) is 12.7 Å². The summed E-state index contributed by atoms with van der Waals surface area (Å²) in [4.78, 5) is 35.2. The van der Waals surface area contributed by atoms with Crippen molar-refractivity contribution in [3.8, 4) is 0 Å². The summed E-state index contributed by atoms with van der Waals surface area (Å²) >= 11 is 0. The van der Waals surface area contributed by atoms with E-state index in [0.29, 0.717) is 29.7 Å². The molecule has 0 saturated heterocycles. The summed E-state index contributed by atoms with van der Waals surface area (Å²) < 4.78 is 4.61. The van der Waals surface area contributed by atoms with Crippen molar-refractivity contribution in [1.29, 1.82) is 0 Å². The number of ether oxygens (including phenoxy) is 1. The van der Waals surface area contributed by atoms with Gasteiger partial charge in [0, 0.05) is 24.1 Å². The third-order valence-electron chi connectivity index (χ3n) is 3.49. The van der Waals surface area contributed by atoms with Crippen molar-refractivity contribution in [3.63, 3.8) is 0 Å². The molecule has 0 unspecified atom stereocenters. The predicted octanol–water partition coefficient (Wildman–Crippen LogP) is 3.46. The monoisotopic (exact) mass is 325 g/mol. The van der Waals surface area contributed by atoms with Gasteiger partial charge in [0.15, 0.2) is 5.78 Å². The van der Waals surface area contributed by atoms with Crippen LogP contribution in [0.5, 0.6) is 0 Å². The fourth-order valence-corrected chi connectivity index (χ4v) is 2.21. The van der Waals surface area contributed by atoms with E-state index in [1.165, 1.54) is 7.11 Å². The van der Waals surface area contributed by atoms with Gasteiger partial charge in [0.25, 0.3) is 0 Å². The second-order valence-electron chi connectivity index (χ2n) is 5.26. The van der Waals surface area contributed by atoms with E-state index in [1.54, 1.807) is 36.4 Å². The third-order valence-corrected chi connectivity index (χ3v) is 3.49. The zero-order valence-electron chi connectivity index (χ0n) is 13.5. The third kappa shape index (κ3) is 5.05. The van der Waals surface area contributed by atoms with Gasteiger partial charge in [0.1, 0.15) is 0 Å². The van der Waals surface area contributed by atoms with Crippen molar-refractivity contribution >= 4 is 23.3 Å². The summed E-state index contributed by atoms with van der Waals surface area (Å²) in [6.07, 6.45) is 1.08. The Balaban J connectivity index is 1.77. The van der Waals surface area contributed by atoms with Crippen molar-refractivity contribution in [3.05, 3.63) is 65.7 Å². The standard InChI is InChI=1S/C19H19NO4/c1-24-19(23)15-10-12-16(13-11-15)20-18(22)9-5-8-17(21)14-6-3-2-4-7-14/h2-4,6-7,10-13H,5,8-9H2,1H3,(H,20,22). The summed E-state index contributed by atoms with van der Waals surface area (Å²) in [6.45, 7) is 0. The summed E-state index contributed by atoms with van der Waals surface area (Å²) in [5.74, 6) is -0.556. The smallest absolute Gasteiger partial charge is 0.337 e. The first kappa shape index (κ1) is 17.4. The summed E-state index contributed by atoms with van der Waals surface area (Å²) in [7, 11) is 1.31. The predicted molar refractivity (Wildman–Crippen MR) is 91.0 cm³/mol. The molecule has 1 amide bonds. The van der Waals surface area contributed by atoms with Crippen LogP contribution < -0.4 is 5.32 Å². The van der Waals surface area contributed by atoms with Crippen LogP contribution >= 0.6 is 0 Å². The van der Waals surface area contributed by atoms with E-state index >= 15 is 0 Å². The van der Waals surface area contributed by atoms with Crippen LogP contribution in [0.1, 0.15) is 40.0 Å². The molecule has 0 aliphatic carbocycles. The van der Waals surface area contributed by atoms with E-state index in [1.807, 2.05) is 18.2 Å². The zero-order chi connectivity index (χ0) is 17.4. The molecule has 0 aliphatic rings. The normalized spacial score (nSPS) is 10.0. The number of rotatable bonds is 7. The number of amides is 1. The minimum atomic E-state index is -0.424. The van der Waals surface area contributed by atoms with E-state index in [-0.39, 0.29) is 18.1 Å². The fourth-order valence-electron chi connectivity index (χ4n) is 2.21. The molecule has 0 saturated carbocycles. The number of esters is 1. The van der Waals surface area contributed by atoms with E-state index in [4.69, 9.17) is 0 Å². The van der Waals surface area contributed by atoms with Gasteiger partial charge in [-0.1, -0.05) is 30.3 Å². The van der Waals surface area contributed by atoms with Crippen LogP contribution in [0.4, 0.5) is 5.69 Å². The number of anilines is 1. The molecule has 124 valence electrons. The molecule has 0 bridgehead atoms. The number of hydrogen-bond donors (Lipinski definition) is 1. The van der Waals surface area contributed by atoms with E-state index in [2.05, 4.69) is 10.1 Å². The molecule has 1 N–H and O–H groups in total. The maximum absolute atomic E-state index is 11.9. The first-order chi connectivity index (χ1) is 11.6. The lowest BCUT2D eigenvalue weighted by atomic mass is 10.1. The molecule has 0 fully saturated rings. The first-order valence-electron chi connectivity index (χ1n) is 7.66. The number of nitrogens with one attached hydrogen (secondary N) is 1. The Labute approximate surface area is 140 Å². The zero-order valence-corrected chi connectivity index (χ0v) is 13.5. The maximum atomic E-state index is 11.9. The fraction of sp³-hybridized carbons (Fsp3) is 0.211. The lowest BCUT2D eigenvalue weighted by Crippen LogP contribution is -2.12. The molecule has 0 aliphatic heterocycles. The number of carbonyl (C=O) groups excluding carboxylic acids is 3. The van der Waals surface area contributed by atoms with Crippen molar-refractivity contribution in [1.82, 2.24) is 0 Å². The Bertz CT molecular complexity index is 708. The minimum absolute atomic E-state index is 0.0332. The molecule has 24 heavy (non-hydrogen) atoms. The number of ketones is 1.